The van der Waals surface area contributed by atoms with Crippen molar-refractivity contribution in [1.29, 1.82) is 0 Å². The summed E-state index contributed by atoms with van der Waals surface area (Å²) in [6.07, 6.45) is 5.67. The van der Waals surface area contributed by atoms with Crippen molar-refractivity contribution in [3.05, 3.63) is 58.3 Å². The molecule has 0 bridgehead atoms. The predicted octanol–water partition coefficient (Wildman–Crippen LogP) is 4.96. The first-order valence-corrected chi connectivity index (χ1v) is 9.84. The van der Waals surface area contributed by atoms with Gasteiger partial charge in [-0.25, -0.2) is 0 Å². The highest BCUT2D eigenvalue weighted by Crippen LogP contribution is 2.41. The van der Waals surface area contributed by atoms with Gasteiger partial charge in [0.25, 0.3) is 0 Å². The third-order valence-corrected chi connectivity index (χ3v) is 5.57. The van der Waals surface area contributed by atoms with E-state index in [1.807, 2.05) is 12.1 Å². The molecule has 8 heteroatoms. The number of ketones is 1. The number of carbonyl (C=O) groups is 1. The van der Waals surface area contributed by atoms with Crippen LogP contribution in [-0.4, -0.2) is 31.3 Å². The van der Waals surface area contributed by atoms with Crippen LogP contribution in [0.15, 0.2) is 47.9 Å². The van der Waals surface area contributed by atoms with Gasteiger partial charge < -0.3 is 0 Å². The van der Waals surface area contributed by atoms with Crippen molar-refractivity contribution in [2.45, 2.75) is 24.0 Å². The Morgan fingerprint density at radius 2 is 1.92 bits per heavy atom. The van der Waals surface area contributed by atoms with Gasteiger partial charge in [0, 0.05) is 34.6 Å². The summed E-state index contributed by atoms with van der Waals surface area (Å²) in [4.78, 5) is 16.6. The van der Waals surface area contributed by atoms with Gasteiger partial charge in [-0.05, 0) is 43.2 Å². The van der Waals surface area contributed by atoms with Gasteiger partial charge in [0.15, 0.2) is 16.8 Å². The van der Waals surface area contributed by atoms with E-state index in [0.717, 1.165) is 29.4 Å². The number of nitrogens with zero attached hydrogens (tertiary/aromatic N) is 4. The lowest BCUT2D eigenvalue weighted by Crippen LogP contribution is -2.06. The smallest absolute Gasteiger partial charge is 0.192 e. The number of benzene rings is 1. The lowest BCUT2D eigenvalue weighted by Gasteiger charge is -2.09. The van der Waals surface area contributed by atoms with E-state index in [4.69, 9.17) is 23.2 Å². The first-order valence-electron chi connectivity index (χ1n) is 8.10. The highest BCUT2D eigenvalue weighted by atomic mass is 35.5. The lowest BCUT2D eigenvalue weighted by molar-refractivity contribution is 0.102. The summed E-state index contributed by atoms with van der Waals surface area (Å²) in [5.74, 6) is 0.990. The van der Waals surface area contributed by atoms with Crippen LogP contribution in [0.3, 0.4) is 0 Å². The molecule has 0 atom stereocenters. The van der Waals surface area contributed by atoms with Crippen LogP contribution in [0.5, 0.6) is 0 Å². The third-order valence-electron chi connectivity index (χ3n) is 4.08. The molecule has 0 spiro atoms. The number of Topliss-reactive ketones (excluding diaryl/α,β-unsaturated/α-hetero) is 1. The maximum Gasteiger partial charge on any atom is 0.192 e. The molecule has 0 aliphatic heterocycles. The summed E-state index contributed by atoms with van der Waals surface area (Å²) in [5.41, 5.74) is 1.44. The Morgan fingerprint density at radius 3 is 2.62 bits per heavy atom. The number of hydrogen-bond acceptors (Lipinski definition) is 5. The van der Waals surface area contributed by atoms with E-state index in [9.17, 15) is 4.79 Å². The zero-order valence-corrected chi connectivity index (χ0v) is 15.9. The second-order valence-corrected chi connectivity index (χ2v) is 7.77. The highest BCUT2D eigenvalue weighted by Gasteiger charge is 2.30. The fraction of sp³-hybridized carbons (Fsp3) is 0.222. The molecule has 26 heavy (non-hydrogen) atoms. The van der Waals surface area contributed by atoms with Gasteiger partial charge in [0.2, 0.25) is 0 Å². The van der Waals surface area contributed by atoms with Crippen molar-refractivity contribution in [2.75, 3.05) is 5.75 Å². The second-order valence-electron chi connectivity index (χ2n) is 5.98. The Kier molecular flexibility index (Phi) is 4.98. The third kappa shape index (κ3) is 3.63. The molecule has 0 amide bonds. The van der Waals surface area contributed by atoms with Crippen molar-refractivity contribution >= 4 is 40.7 Å². The molecule has 1 saturated carbocycles. The van der Waals surface area contributed by atoms with E-state index >= 15 is 0 Å². The van der Waals surface area contributed by atoms with Crippen LogP contribution in [0.4, 0.5) is 0 Å². The number of hydrogen-bond donors (Lipinski definition) is 0. The van der Waals surface area contributed by atoms with Gasteiger partial charge in [-0.3, -0.25) is 14.3 Å². The van der Waals surface area contributed by atoms with Crippen LogP contribution in [0.25, 0.3) is 11.4 Å². The van der Waals surface area contributed by atoms with Crippen LogP contribution >= 0.6 is 35.0 Å². The maximum absolute atomic E-state index is 12.5. The van der Waals surface area contributed by atoms with Crippen LogP contribution in [-0.2, 0) is 0 Å². The topological polar surface area (TPSA) is 60.7 Å². The molecule has 1 aliphatic carbocycles. The van der Waals surface area contributed by atoms with Gasteiger partial charge in [0.1, 0.15) is 0 Å². The quantitative estimate of drug-likeness (QED) is 0.429. The molecular formula is C18H14Cl2N4OS. The number of carbonyl (C=O) groups excluding carboxylic acids is 1. The maximum atomic E-state index is 12.5. The van der Waals surface area contributed by atoms with Gasteiger partial charge in [-0.15, -0.1) is 10.2 Å². The van der Waals surface area contributed by atoms with Crippen molar-refractivity contribution in [1.82, 2.24) is 19.7 Å². The largest absolute Gasteiger partial charge is 0.299 e. The molecule has 1 fully saturated rings. The van der Waals surface area contributed by atoms with E-state index in [2.05, 4.69) is 19.7 Å². The number of rotatable bonds is 6. The second kappa shape index (κ2) is 7.39. The average Bonchev–Trinajstić information content (AvgIpc) is 3.39. The molecule has 1 aromatic carbocycles. The number of aromatic nitrogens is 4. The monoisotopic (exact) mass is 404 g/mol. The van der Waals surface area contributed by atoms with Gasteiger partial charge in [-0.2, -0.15) is 0 Å². The molecular weight excluding hydrogens is 391 g/mol. The Hall–Kier alpha value is -1.89. The van der Waals surface area contributed by atoms with E-state index in [1.54, 1.807) is 30.6 Å². The number of pyridine rings is 1. The van der Waals surface area contributed by atoms with E-state index in [0.29, 0.717) is 21.7 Å². The minimum atomic E-state index is -0.0625. The summed E-state index contributed by atoms with van der Waals surface area (Å²) < 4.78 is 2.12. The SMILES string of the molecule is O=C(CSc1nnc(-c2ccncc2)n1C1CC1)c1ccc(Cl)cc1Cl. The van der Waals surface area contributed by atoms with Crippen LogP contribution in [0.1, 0.15) is 29.2 Å². The molecule has 2 heterocycles. The van der Waals surface area contributed by atoms with Crippen molar-refractivity contribution in [2.24, 2.45) is 0 Å². The van der Waals surface area contributed by atoms with Gasteiger partial charge in [0.05, 0.1) is 10.8 Å². The summed E-state index contributed by atoms with van der Waals surface area (Å²) in [6.45, 7) is 0. The van der Waals surface area contributed by atoms with Crippen molar-refractivity contribution in [3.63, 3.8) is 0 Å². The fourth-order valence-corrected chi connectivity index (χ4v) is 4.06. The lowest BCUT2D eigenvalue weighted by atomic mass is 10.1. The molecule has 132 valence electrons. The Labute approximate surface area is 164 Å². The zero-order chi connectivity index (χ0) is 18.1. The molecule has 4 rings (SSSR count). The molecule has 3 aromatic rings. The highest BCUT2D eigenvalue weighted by molar-refractivity contribution is 7.99. The summed E-state index contributed by atoms with van der Waals surface area (Å²) in [5, 5.41) is 10.3. The van der Waals surface area contributed by atoms with E-state index in [1.165, 1.54) is 11.8 Å². The normalized spacial score (nSPS) is 13.8. The molecule has 0 unspecified atom stereocenters. The first-order chi connectivity index (χ1) is 12.6. The van der Waals surface area contributed by atoms with Gasteiger partial charge >= 0.3 is 0 Å². The van der Waals surface area contributed by atoms with Crippen molar-refractivity contribution in [3.8, 4) is 11.4 Å². The van der Waals surface area contributed by atoms with Gasteiger partial charge in [-0.1, -0.05) is 35.0 Å². The molecule has 2 aromatic heterocycles. The molecule has 0 N–H and O–H groups in total. The molecule has 0 saturated heterocycles. The average molecular weight is 405 g/mol. The molecule has 0 radical (unpaired) electrons. The standard InChI is InChI=1S/C18H14Cl2N4OS/c19-12-1-4-14(15(20)9-12)16(25)10-26-18-23-22-17(24(18)13-2-3-13)11-5-7-21-8-6-11/h1,4-9,13H,2-3,10H2. The minimum absolute atomic E-state index is 0.0625. The fourth-order valence-electron chi connectivity index (χ4n) is 2.66. The zero-order valence-electron chi connectivity index (χ0n) is 13.6. The summed E-state index contributed by atoms with van der Waals surface area (Å²) in [6, 6.07) is 9.12. The minimum Gasteiger partial charge on any atom is -0.299 e. The first kappa shape index (κ1) is 17.5. The summed E-state index contributed by atoms with van der Waals surface area (Å²) >= 11 is 13.4. The van der Waals surface area contributed by atoms with Crippen molar-refractivity contribution < 1.29 is 4.79 Å². The van der Waals surface area contributed by atoms with E-state index < -0.39 is 0 Å². The molecule has 1 aliphatic rings. The predicted molar refractivity (Wildman–Crippen MR) is 103 cm³/mol. The van der Waals surface area contributed by atoms with Crippen LogP contribution in [0, 0.1) is 0 Å². The van der Waals surface area contributed by atoms with Crippen LogP contribution < -0.4 is 0 Å². The number of thioether (sulfide) groups is 1. The number of halogens is 2. The Balaban J connectivity index is 1.55. The Bertz CT molecular complexity index is 957. The molecule has 5 nitrogen and oxygen atoms in total. The van der Waals surface area contributed by atoms with Crippen LogP contribution in [0.2, 0.25) is 10.0 Å². The Morgan fingerprint density at radius 1 is 1.15 bits per heavy atom. The summed E-state index contributed by atoms with van der Waals surface area (Å²) in [7, 11) is 0. The van der Waals surface area contributed by atoms with E-state index in [-0.39, 0.29) is 11.5 Å².